The molecule has 19 heavy (non-hydrogen) atoms. The lowest BCUT2D eigenvalue weighted by Crippen LogP contribution is -2.33. The largest absolute Gasteiger partial charge is 0.481 e. The molecule has 6 heteroatoms. The quantitative estimate of drug-likeness (QED) is 0.873. The Morgan fingerprint density at radius 3 is 2.53 bits per heavy atom. The van der Waals surface area contributed by atoms with E-state index in [-0.39, 0.29) is 23.9 Å². The van der Waals surface area contributed by atoms with Crippen LogP contribution in [0.4, 0.5) is 5.69 Å². The van der Waals surface area contributed by atoms with Gasteiger partial charge in [-0.1, -0.05) is 36.2 Å². The first-order valence-electron chi connectivity index (χ1n) is 5.93. The van der Waals surface area contributed by atoms with Crippen molar-refractivity contribution in [2.75, 3.05) is 11.4 Å². The van der Waals surface area contributed by atoms with Gasteiger partial charge in [0.15, 0.2) is 0 Å². The van der Waals surface area contributed by atoms with Crippen LogP contribution in [0.5, 0.6) is 0 Å². The molecule has 0 aliphatic carbocycles. The van der Waals surface area contributed by atoms with Crippen molar-refractivity contribution in [1.82, 2.24) is 0 Å². The minimum atomic E-state index is -0.965. The third kappa shape index (κ3) is 4.40. The highest BCUT2D eigenvalue weighted by molar-refractivity contribution is 6.44. The standard InChI is InChI=1S/C13H15Cl2NO3/c1-2-4-11(17)16(8-7-12(18)19)10-6-3-5-9(14)13(10)15/h3,5-6H,2,4,7-8H2,1H3,(H,18,19). The smallest absolute Gasteiger partial charge is 0.305 e. The zero-order chi connectivity index (χ0) is 14.4. The van der Waals surface area contributed by atoms with Crippen LogP contribution in [-0.2, 0) is 9.59 Å². The Hall–Kier alpha value is -1.26. The molecule has 0 aliphatic heterocycles. The molecule has 0 aliphatic rings. The molecule has 1 aromatic rings. The second kappa shape index (κ2) is 7.36. The fourth-order valence-corrected chi connectivity index (χ4v) is 2.03. The van der Waals surface area contributed by atoms with Crippen LogP contribution in [0.15, 0.2) is 18.2 Å². The third-order valence-electron chi connectivity index (χ3n) is 2.54. The number of carboxylic acid groups (broad SMARTS) is 1. The zero-order valence-electron chi connectivity index (χ0n) is 10.5. The van der Waals surface area contributed by atoms with Gasteiger partial charge in [0.25, 0.3) is 0 Å². The number of carbonyl (C=O) groups is 2. The molecule has 0 fully saturated rings. The topological polar surface area (TPSA) is 57.6 Å². The number of rotatable bonds is 6. The Labute approximate surface area is 121 Å². The summed E-state index contributed by atoms with van der Waals surface area (Å²) in [4.78, 5) is 24.1. The van der Waals surface area contributed by atoms with E-state index in [2.05, 4.69) is 0 Å². The van der Waals surface area contributed by atoms with Crippen molar-refractivity contribution < 1.29 is 14.7 Å². The molecule has 0 bridgehead atoms. The highest BCUT2D eigenvalue weighted by Crippen LogP contribution is 2.33. The lowest BCUT2D eigenvalue weighted by Gasteiger charge is -2.23. The van der Waals surface area contributed by atoms with Gasteiger partial charge in [0, 0.05) is 13.0 Å². The number of hydrogen-bond acceptors (Lipinski definition) is 2. The molecule has 1 amide bonds. The van der Waals surface area contributed by atoms with Gasteiger partial charge in [-0.2, -0.15) is 0 Å². The van der Waals surface area contributed by atoms with E-state index < -0.39 is 5.97 Å². The highest BCUT2D eigenvalue weighted by atomic mass is 35.5. The van der Waals surface area contributed by atoms with Crippen LogP contribution >= 0.6 is 23.2 Å². The molecule has 1 rings (SSSR count). The van der Waals surface area contributed by atoms with E-state index in [4.69, 9.17) is 28.3 Å². The number of anilines is 1. The molecule has 0 radical (unpaired) electrons. The van der Waals surface area contributed by atoms with Gasteiger partial charge in [-0.25, -0.2) is 0 Å². The Bertz CT molecular complexity index is 477. The summed E-state index contributed by atoms with van der Waals surface area (Å²) in [5.74, 6) is -1.12. The Kier molecular flexibility index (Phi) is 6.12. The number of nitrogens with zero attached hydrogens (tertiary/aromatic N) is 1. The zero-order valence-corrected chi connectivity index (χ0v) is 12.0. The molecule has 4 nitrogen and oxygen atoms in total. The van der Waals surface area contributed by atoms with Gasteiger partial charge in [-0.15, -0.1) is 0 Å². The van der Waals surface area contributed by atoms with Crippen LogP contribution in [-0.4, -0.2) is 23.5 Å². The van der Waals surface area contributed by atoms with Gasteiger partial charge >= 0.3 is 5.97 Å². The molecule has 0 saturated carbocycles. The maximum Gasteiger partial charge on any atom is 0.305 e. The average molecular weight is 304 g/mol. The van der Waals surface area contributed by atoms with Crippen LogP contribution in [0, 0.1) is 0 Å². The summed E-state index contributed by atoms with van der Waals surface area (Å²) in [7, 11) is 0. The molecular formula is C13H15Cl2NO3. The van der Waals surface area contributed by atoms with E-state index in [0.717, 1.165) is 0 Å². The lowest BCUT2D eigenvalue weighted by atomic mass is 10.2. The molecule has 0 unspecified atom stereocenters. The maximum atomic E-state index is 12.1. The first kappa shape index (κ1) is 15.8. The number of carboxylic acids is 1. The van der Waals surface area contributed by atoms with E-state index in [9.17, 15) is 9.59 Å². The SMILES string of the molecule is CCCC(=O)N(CCC(=O)O)c1cccc(Cl)c1Cl. The van der Waals surface area contributed by atoms with Gasteiger partial charge in [0.2, 0.25) is 5.91 Å². The van der Waals surface area contributed by atoms with E-state index in [1.54, 1.807) is 18.2 Å². The van der Waals surface area contributed by atoms with Gasteiger partial charge in [0.05, 0.1) is 22.2 Å². The predicted octanol–water partition coefficient (Wildman–Crippen LogP) is 3.60. The predicted molar refractivity (Wildman–Crippen MR) is 76.0 cm³/mol. The summed E-state index contributed by atoms with van der Waals surface area (Å²) < 4.78 is 0. The summed E-state index contributed by atoms with van der Waals surface area (Å²) in [6, 6.07) is 4.95. The van der Waals surface area contributed by atoms with Gasteiger partial charge < -0.3 is 10.0 Å². The van der Waals surface area contributed by atoms with Crippen molar-refractivity contribution in [3.8, 4) is 0 Å². The number of carbonyl (C=O) groups excluding carboxylic acids is 1. The van der Waals surface area contributed by atoms with E-state index >= 15 is 0 Å². The summed E-state index contributed by atoms with van der Waals surface area (Å²) in [5.41, 5.74) is 0.453. The molecule has 0 spiro atoms. The summed E-state index contributed by atoms with van der Waals surface area (Å²) in [6.07, 6.45) is 0.876. The van der Waals surface area contributed by atoms with Crippen molar-refractivity contribution >= 4 is 40.8 Å². The average Bonchev–Trinajstić information content (AvgIpc) is 2.34. The maximum absolute atomic E-state index is 12.1. The Morgan fingerprint density at radius 2 is 1.95 bits per heavy atom. The normalized spacial score (nSPS) is 10.3. The van der Waals surface area contributed by atoms with Crippen molar-refractivity contribution in [1.29, 1.82) is 0 Å². The van der Waals surface area contributed by atoms with E-state index in [1.165, 1.54) is 4.90 Å². The van der Waals surface area contributed by atoms with Crippen molar-refractivity contribution in [3.05, 3.63) is 28.2 Å². The van der Waals surface area contributed by atoms with Crippen LogP contribution in [0.25, 0.3) is 0 Å². The molecule has 0 atom stereocenters. The molecular weight excluding hydrogens is 289 g/mol. The summed E-state index contributed by atoms with van der Waals surface area (Å²) in [6.45, 7) is 1.96. The van der Waals surface area contributed by atoms with Gasteiger partial charge in [0.1, 0.15) is 0 Å². The molecule has 1 N–H and O–H groups in total. The number of aliphatic carboxylic acids is 1. The second-order valence-corrected chi connectivity index (χ2v) is 4.80. The first-order chi connectivity index (χ1) is 8.97. The van der Waals surface area contributed by atoms with Crippen LogP contribution < -0.4 is 4.90 Å². The monoisotopic (exact) mass is 303 g/mol. The summed E-state index contributed by atoms with van der Waals surface area (Å²) >= 11 is 12.0. The molecule has 0 saturated heterocycles. The number of hydrogen-bond donors (Lipinski definition) is 1. The Balaban J connectivity index is 3.04. The fourth-order valence-electron chi connectivity index (χ4n) is 1.64. The van der Waals surface area contributed by atoms with Crippen LogP contribution in [0.1, 0.15) is 26.2 Å². The highest BCUT2D eigenvalue weighted by Gasteiger charge is 2.19. The van der Waals surface area contributed by atoms with Crippen LogP contribution in [0.3, 0.4) is 0 Å². The van der Waals surface area contributed by atoms with Gasteiger partial charge in [-0.3, -0.25) is 9.59 Å². The van der Waals surface area contributed by atoms with E-state index in [1.807, 2.05) is 6.92 Å². The number of benzene rings is 1. The minimum Gasteiger partial charge on any atom is -0.481 e. The van der Waals surface area contributed by atoms with E-state index in [0.29, 0.717) is 23.6 Å². The molecule has 0 aromatic heterocycles. The first-order valence-corrected chi connectivity index (χ1v) is 6.69. The fraction of sp³-hybridized carbons (Fsp3) is 0.385. The molecule has 104 valence electrons. The van der Waals surface area contributed by atoms with Crippen molar-refractivity contribution in [3.63, 3.8) is 0 Å². The number of halogens is 2. The molecule has 0 heterocycles. The Morgan fingerprint density at radius 1 is 1.26 bits per heavy atom. The van der Waals surface area contributed by atoms with Crippen molar-refractivity contribution in [2.24, 2.45) is 0 Å². The van der Waals surface area contributed by atoms with Gasteiger partial charge in [-0.05, 0) is 18.6 Å². The minimum absolute atomic E-state index is 0.0776. The second-order valence-electron chi connectivity index (χ2n) is 4.01. The summed E-state index contributed by atoms with van der Waals surface area (Å²) in [5, 5.41) is 9.35. The number of amides is 1. The molecule has 1 aromatic carbocycles. The third-order valence-corrected chi connectivity index (χ3v) is 3.35. The lowest BCUT2D eigenvalue weighted by molar-refractivity contribution is -0.136. The van der Waals surface area contributed by atoms with Crippen LogP contribution in [0.2, 0.25) is 10.0 Å². The van der Waals surface area contributed by atoms with Crippen molar-refractivity contribution in [2.45, 2.75) is 26.2 Å².